The molecule has 2 aromatic rings. The molecule has 2 amide bonds. The van der Waals surface area contributed by atoms with Crippen molar-refractivity contribution in [1.82, 2.24) is 4.90 Å². The molecule has 1 heterocycles. The molecule has 1 N–H and O–H groups in total. The van der Waals surface area contributed by atoms with Crippen LogP contribution >= 0.6 is 39.9 Å². The van der Waals surface area contributed by atoms with Crippen molar-refractivity contribution in [3.05, 3.63) is 56.9 Å². The number of rotatable bonds is 8. The number of benzene rings is 2. The predicted molar refractivity (Wildman–Crippen MR) is 141 cm³/mol. The number of thiocarbonyl (C=S) groups is 1. The number of para-hydroxylation sites is 1. The van der Waals surface area contributed by atoms with Crippen LogP contribution < -0.4 is 14.8 Å². The minimum atomic E-state index is -0.277. The number of carbonyl (C=O) groups is 2. The quantitative estimate of drug-likeness (QED) is 0.340. The fourth-order valence-electron chi connectivity index (χ4n) is 3.14. The number of amides is 2. The zero-order chi connectivity index (χ0) is 24.1. The summed E-state index contributed by atoms with van der Waals surface area (Å²) in [5.41, 5.74) is 2.45. The van der Waals surface area contributed by atoms with Gasteiger partial charge in [0.05, 0.1) is 12.0 Å². The Morgan fingerprint density at radius 3 is 2.67 bits per heavy atom. The molecule has 9 heteroatoms. The molecule has 0 atom stereocenters. The van der Waals surface area contributed by atoms with Gasteiger partial charge in [-0.1, -0.05) is 72.0 Å². The molecule has 0 radical (unpaired) electrons. The molecule has 0 bridgehead atoms. The molecule has 0 unspecified atom stereocenters. The van der Waals surface area contributed by atoms with Gasteiger partial charge in [-0.2, -0.15) is 0 Å². The van der Waals surface area contributed by atoms with Crippen LogP contribution in [0.5, 0.6) is 11.5 Å². The van der Waals surface area contributed by atoms with Gasteiger partial charge >= 0.3 is 0 Å². The van der Waals surface area contributed by atoms with Crippen molar-refractivity contribution in [3.8, 4) is 11.5 Å². The van der Waals surface area contributed by atoms with Crippen LogP contribution in [0.25, 0.3) is 6.08 Å². The van der Waals surface area contributed by atoms with Crippen molar-refractivity contribution in [2.24, 2.45) is 5.92 Å². The summed E-state index contributed by atoms with van der Waals surface area (Å²) in [6, 6.07) is 11.0. The molecule has 0 spiro atoms. The van der Waals surface area contributed by atoms with E-state index in [1.807, 2.05) is 45.0 Å². The highest BCUT2D eigenvalue weighted by Gasteiger charge is 2.32. The van der Waals surface area contributed by atoms with Gasteiger partial charge in [0.1, 0.15) is 4.32 Å². The fraction of sp³-hybridized carbons (Fsp3) is 0.292. The third-order valence-electron chi connectivity index (χ3n) is 4.77. The summed E-state index contributed by atoms with van der Waals surface area (Å²) in [6.45, 7) is 6.42. The zero-order valence-corrected chi connectivity index (χ0v) is 22.0. The monoisotopic (exact) mass is 548 g/mol. The first-order chi connectivity index (χ1) is 15.7. The van der Waals surface area contributed by atoms with Gasteiger partial charge in [0, 0.05) is 16.7 Å². The number of carbonyl (C=O) groups excluding carboxylic acids is 2. The van der Waals surface area contributed by atoms with Crippen LogP contribution in [-0.2, 0) is 9.59 Å². The SMILES string of the molecule is COc1cc(/C=C2\SC(=S)N(CC(C)C)C2=O)c(Br)cc1OCC(=O)Nc1ccccc1C. The van der Waals surface area contributed by atoms with Crippen LogP contribution in [-0.4, -0.2) is 41.3 Å². The van der Waals surface area contributed by atoms with Crippen molar-refractivity contribution in [2.75, 3.05) is 25.6 Å². The van der Waals surface area contributed by atoms with Crippen LogP contribution in [0.2, 0.25) is 0 Å². The fourth-order valence-corrected chi connectivity index (χ4v) is 4.84. The smallest absolute Gasteiger partial charge is 0.266 e. The maximum atomic E-state index is 12.8. The largest absolute Gasteiger partial charge is 0.493 e. The van der Waals surface area contributed by atoms with Crippen molar-refractivity contribution in [1.29, 1.82) is 0 Å². The normalized spacial score (nSPS) is 14.8. The van der Waals surface area contributed by atoms with Gasteiger partial charge < -0.3 is 14.8 Å². The van der Waals surface area contributed by atoms with E-state index in [0.29, 0.717) is 37.7 Å². The number of thioether (sulfide) groups is 1. The zero-order valence-electron chi connectivity index (χ0n) is 18.8. The Balaban J connectivity index is 1.74. The maximum Gasteiger partial charge on any atom is 0.266 e. The lowest BCUT2D eigenvalue weighted by molar-refractivity contribution is -0.122. The first-order valence-electron chi connectivity index (χ1n) is 10.3. The molecule has 3 rings (SSSR count). The van der Waals surface area contributed by atoms with Crippen LogP contribution in [0.1, 0.15) is 25.0 Å². The highest BCUT2D eigenvalue weighted by Crippen LogP contribution is 2.38. The Hall–Kier alpha value is -2.36. The molecular formula is C24H25BrN2O4S2. The Kier molecular flexibility index (Phi) is 8.56. The summed E-state index contributed by atoms with van der Waals surface area (Å²) >= 11 is 10.2. The number of anilines is 1. The summed E-state index contributed by atoms with van der Waals surface area (Å²) in [4.78, 5) is 27.3. The van der Waals surface area contributed by atoms with E-state index in [1.165, 1.54) is 18.9 Å². The summed E-state index contributed by atoms with van der Waals surface area (Å²) in [5, 5.41) is 2.84. The van der Waals surface area contributed by atoms with Crippen LogP contribution in [0.15, 0.2) is 45.8 Å². The molecule has 1 saturated heterocycles. The van der Waals surface area contributed by atoms with Crippen LogP contribution in [0.3, 0.4) is 0 Å². The molecule has 1 aliphatic rings. The lowest BCUT2D eigenvalue weighted by Crippen LogP contribution is -2.31. The summed E-state index contributed by atoms with van der Waals surface area (Å²) in [6.07, 6.45) is 1.78. The number of halogens is 1. The lowest BCUT2D eigenvalue weighted by atomic mass is 10.1. The number of hydrogen-bond donors (Lipinski definition) is 1. The van der Waals surface area contributed by atoms with Gasteiger partial charge in [-0.15, -0.1) is 0 Å². The average molecular weight is 550 g/mol. The number of hydrogen-bond acceptors (Lipinski definition) is 6. The molecule has 1 aliphatic heterocycles. The van der Waals surface area contributed by atoms with Gasteiger partial charge in [-0.25, -0.2) is 0 Å². The number of methoxy groups -OCH3 is 1. The van der Waals surface area contributed by atoms with E-state index in [2.05, 4.69) is 21.2 Å². The summed E-state index contributed by atoms with van der Waals surface area (Å²) in [7, 11) is 1.52. The highest BCUT2D eigenvalue weighted by atomic mass is 79.9. The topological polar surface area (TPSA) is 67.9 Å². The average Bonchev–Trinajstić information content (AvgIpc) is 3.02. The Bertz CT molecular complexity index is 1120. The maximum absolute atomic E-state index is 12.8. The van der Waals surface area contributed by atoms with Gasteiger partial charge in [0.25, 0.3) is 11.8 Å². The number of nitrogens with zero attached hydrogens (tertiary/aromatic N) is 1. The van der Waals surface area contributed by atoms with E-state index in [-0.39, 0.29) is 18.4 Å². The Morgan fingerprint density at radius 1 is 1.27 bits per heavy atom. The first kappa shape index (κ1) is 25.3. The summed E-state index contributed by atoms with van der Waals surface area (Å²) < 4.78 is 12.4. The van der Waals surface area contributed by atoms with E-state index >= 15 is 0 Å². The molecule has 2 aromatic carbocycles. The third-order valence-corrected chi connectivity index (χ3v) is 6.83. The summed E-state index contributed by atoms with van der Waals surface area (Å²) in [5.74, 6) is 0.802. The van der Waals surface area contributed by atoms with Crippen molar-refractivity contribution in [2.45, 2.75) is 20.8 Å². The number of aryl methyl sites for hydroxylation is 1. The van der Waals surface area contributed by atoms with Crippen molar-refractivity contribution < 1.29 is 19.1 Å². The standard InChI is InChI=1S/C24H25BrN2O4S2/c1-14(2)12-27-23(29)21(33-24(27)32)10-16-9-19(30-4)20(11-17(16)25)31-13-22(28)26-18-8-6-5-7-15(18)3/h5-11,14H,12-13H2,1-4H3,(H,26,28)/b21-10-. The minimum Gasteiger partial charge on any atom is -0.493 e. The Morgan fingerprint density at radius 2 is 2.00 bits per heavy atom. The predicted octanol–water partition coefficient (Wildman–Crippen LogP) is 5.64. The lowest BCUT2D eigenvalue weighted by Gasteiger charge is -2.16. The molecule has 33 heavy (non-hydrogen) atoms. The van der Waals surface area contributed by atoms with Gasteiger partial charge in [-0.05, 0) is 48.2 Å². The minimum absolute atomic E-state index is 0.0993. The van der Waals surface area contributed by atoms with Gasteiger partial charge in [0.2, 0.25) is 0 Å². The molecular weight excluding hydrogens is 524 g/mol. The van der Waals surface area contributed by atoms with Crippen molar-refractivity contribution >= 4 is 67.8 Å². The van der Waals surface area contributed by atoms with Gasteiger partial charge in [0.15, 0.2) is 18.1 Å². The molecule has 0 aromatic heterocycles. The van der Waals surface area contributed by atoms with Crippen LogP contribution in [0, 0.1) is 12.8 Å². The molecule has 0 aliphatic carbocycles. The van der Waals surface area contributed by atoms with Crippen LogP contribution in [0.4, 0.5) is 5.69 Å². The van der Waals surface area contributed by atoms with E-state index < -0.39 is 0 Å². The first-order valence-corrected chi connectivity index (χ1v) is 12.3. The second-order valence-electron chi connectivity index (χ2n) is 7.86. The van der Waals surface area contributed by atoms with Gasteiger partial charge in [-0.3, -0.25) is 14.5 Å². The van der Waals surface area contributed by atoms with E-state index in [1.54, 1.807) is 23.1 Å². The van der Waals surface area contributed by atoms with E-state index in [0.717, 1.165) is 16.8 Å². The number of nitrogens with one attached hydrogen (secondary N) is 1. The molecule has 0 saturated carbocycles. The number of ether oxygens (including phenoxy) is 2. The molecule has 1 fully saturated rings. The van der Waals surface area contributed by atoms with E-state index in [4.69, 9.17) is 21.7 Å². The second kappa shape index (κ2) is 11.2. The second-order valence-corrected chi connectivity index (χ2v) is 10.4. The van der Waals surface area contributed by atoms with Crippen molar-refractivity contribution in [3.63, 3.8) is 0 Å². The molecule has 174 valence electrons. The highest BCUT2D eigenvalue weighted by molar-refractivity contribution is 9.10. The Labute approximate surface area is 211 Å². The third kappa shape index (κ3) is 6.37. The molecule has 6 nitrogen and oxygen atoms in total. The van der Waals surface area contributed by atoms with E-state index in [9.17, 15) is 9.59 Å².